The van der Waals surface area contributed by atoms with Crippen molar-refractivity contribution in [2.45, 2.75) is 6.42 Å². The van der Waals surface area contributed by atoms with Gasteiger partial charge in [0, 0.05) is 36.6 Å². The van der Waals surface area contributed by atoms with E-state index in [1.54, 1.807) is 25.5 Å². The zero-order valence-corrected chi connectivity index (χ0v) is 16.7. The van der Waals surface area contributed by atoms with Crippen molar-refractivity contribution in [3.63, 3.8) is 0 Å². The van der Waals surface area contributed by atoms with Crippen LogP contribution in [0.3, 0.4) is 0 Å². The Labute approximate surface area is 176 Å². The molecule has 9 heteroatoms. The molecule has 0 aliphatic carbocycles. The van der Waals surface area contributed by atoms with E-state index >= 15 is 0 Å². The van der Waals surface area contributed by atoms with Crippen molar-refractivity contribution in [3.8, 4) is 22.4 Å². The molecule has 0 saturated heterocycles. The number of anilines is 1. The minimum absolute atomic E-state index is 0.102. The molecule has 0 amide bonds. The highest BCUT2D eigenvalue weighted by Crippen LogP contribution is 2.34. The lowest BCUT2D eigenvalue weighted by atomic mass is 10.0. The predicted octanol–water partition coefficient (Wildman–Crippen LogP) is 2.12. The molecule has 2 N–H and O–H groups in total. The Balaban J connectivity index is 1.78. The Morgan fingerprint density at radius 2 is 1.84 bits per heavy atom. The van der Waals surface area contributed by atoms with Crippen LogP contribution in [0, 0.1) is 0 Å². The van der Waals surface area contributed by atoms with Crippen molar-refractivity contribution >= 4 is 11.6 Å². The average Bonchev–Trinajstić information content (AvgIpc) is 3.21. The summed E-state index contributed by atoms with van der Waals surface area (Å²) in [6, 6.07) is 14.8. The van der Waals surface area contributed by atoms with Gasteiger partial charge in [-0.15, -0.1) is 5.10 Å². The molecule has 0 saturated carbocycles. The van der Waals surface area contributed by atoms with Gasteiger partial charge in [-0.3, -0.25) is 4.79 Å². The fourth-order valence-electron chi connectivity index (χ4n) is 3.47. The lowest BCUT2D eigenvalue weighted by Gasteiger charge is -2.12. The fraction of sp³-hybridized carbons (Fsp3) is 0.0909. The Morgan fingerprint density at radius 3 is 2.58 bits per heavy atom. The Kier molecular flexibility index (Phi) is 4.47. The minimum Gasteiger partial charge on any atom is -0.368 e. The number of hydrogen-bond acceptors (Lipinski definition) is 7. The smallest absolute Gasteiger partial charge is 0.250 e. The number of aryl methyl sites for hydroxylation is 1. The van der Waals surface area contributed by atoms with Crippen molar-refractivity contribution in [2.24, 2.45) is 7.05 Å². The molecule has 0 aliphatic rings. The van der Waals surface area contributed by atoms with Gasteiger partial charge >= 0.3 is 0 Å². The van der Waals surface area contributed by atoms with Gasteiger partial charge in [-0.1, -0.05) is 30.3 Å². The monoisotopic (exact) mass is 410 g/mol. The van der Waals surface area contributed by atoms with Gasteiger partial charge < -0.3 is 10.3 Å². The third kappa shape index (κ3) is 3.42. The van der Waals surface area contributed by atoms with E-state index in [4.69, 9.17) is 10.7 Å². The topological polar surface area (TPSA) is 117 Å². The summed E-state index contributed by atoms with van der Waals surface area (Å²) < 4.78 is 3.05. The van der Waals surface area contributed by atoms with Crippen molar-refractivity contribution in [1.29, 1.82) is 0 Å². The number of aromatic nitrogens is 7. The summed E-state index contributed by atoms with van der Waals surface area (Å²) in [5.41, 5.74) is 10.6. The van der Waals surface area contributed by atoms with Crippen LogP contribution in [0.2, 0.25) is 0 Å². The summed E-state index contributed by atoms with van der Waals surface area (Å²) in [6.45, 7) is 0. The molecule has 0 spiro atoms. The number of rotatable bonds is 4. The second-order valence-electron chi connectivity index (χ2n) is 7.07. The summed E-state index contributed by atoms with van der Waals surface area (Å²) in [7, 11) is 1.71. The molecule has 9 nitrogen and oxygen atoms in total. The Morgan fingerprint density at radius 1 is 1.00 bits per heavy atom. The lowest BCUT2D eigenvalue weighted by molar-refractivity contribution is 0.861. The second kappa shape index (κ2) is 7.45. The van der Waals surface area contributed by atoms with Gasteiger partial charge in [-0.25, -0.2) is 19.9 Å². The maximum Gasteiger partial charge on any atom is 0.250 e. The van der Waals surface area contributed by atoms with Crippen molar-refractivity contribution in [2.75, 3.05) is 5.73 Å². The number of pyridine rings is 1. The van der Waals surface area contributed by atoms with Crippen LogP contribution in [0.25, 0.3) is 28.0 Å². The number of hydrogen-bond donors (Lipinski definition) is 1. The standard InChI is InChI=1S/C22H18N8O/c1-29-12-15(7-8-18(29)31)19-20(14-5-3-2-4-6-14)27-22(23)30-21(19)26-17(28-30)11-16-9-10-24-13-25-16/h2-10,12-13H,11H2,1H3,(H2,23,27). The minimum atomic E-state index is -0.102. The number of nitrogens with two attached hydrogens (primary N) is 1. The average molecular weight is 410 g/mol. The maximum atomic E-state index is 12.0. The van der Waals surface area contributed by atoms with Gasteiger partial charge in [0.15, 0.2) is 11.5 Å². The molecule has 0 unspecified atom stereocenters. The molecule has 31 heavy (non-hydrogen) atoms. The normalized spacial score (nSPS) is 11.1. The zero-order chi connectivity index (χ0) is 21.4. The summed E-state index contributed by atoms with van der Waals surface area (Å²) in [5, 5.41) is 4.56. The SMILES string of the molecule is Cn1cc(-c2c(-c3ccccc3)nc(N)n3nc(Cc4ccncn4)nc23)ccc1=O. The van der Waals surface area contributed by atoms with Crippen molar-refractivity contribution in [3.05, 3.63) is 89.1 Å². The maximum absolute atomic E-state index is 12.0. The van der Waals surface area contributed by atoms with Gasteiger partial charge in [0.25, 0.3) is 0 Å². The van der Waals surface area contributed by atoms with Crippen LogP contribution in [0.4, 0.5) is 5.95 Å². The Bertz CT molecular complexity index is 1440. The van der Waals surface area contributed by atoms with Gasteiger partial charge in [0.2, 0.25) is 11.5 Å². The van der Waals surface area contributed by atoms with Gasteiger partial charge in [-0.05, 0) is 12.1 Å². The third-order valence-corrected chi connectivity index (χ3v) is 4.96. The molecular formula is C22H18N8O. The molecule has 0 fully saturated rings. The van der Waals surface area contributed by atoms with E-state index < -0.39 is 0 Å². The van der Waals surface area contributed by atoms with Crippen LogP contribution in [0.1, 0.15) is 11.5 Å². The highest BCUT2D eigenvalue weighted by atomic mass is 16.1. The van der Waals surface area contributed by atoms with Crippen molar-refractivity contribution in [1.82, 2.24) is 34.1 Å². The van der Waals surface area contributed by atoms with Crippen LogP contribution >= 0.6 is 0 Å². The molecule has 0 radical (unpaired) electrons. The van der Waals surface area contributed by atoms with Gasteiger partial charge in [-0.2, -0.15) is 4.52 Å². The summed E-state index contributed by atoms with van der Waals surface area (Å²) in [5.74, 6) is 0.785. The number of benzene rings is 1. The summed E-state index contributed by atoms with van der Waals surface area (Å²) in [4.78, 5) is 29.6. The highest BCUT2D eigenvalue weighted by molar-refractivity contribution is 5.90. The number of nitrogens with zero attached hydrogens (tertiary/aromatic N) is 7. The first-order valence-corrected chi connectivity index (χ1v) is 9.62. The molecule has 152 valence electrons. The molecule has 0 aliphatic heterocycles. The van der Waals surface area contributed by atoms with E-state index in [0.29, 0.717) is 23.6 Å². The molecule has 0 bridgehead atoms. The molecule has 0 atom stereocenters. The van der Waals surface area contributed by atoms with E-state index in [0.717, 1.165) is 22.4 Å². The summed E-state index contributed by atoms with van der Waals surface area (Å²) >= 11 is 0. The van der Waals surface area contributed by atoms with Crippen LogP contribution in [0.5, 0.6) is 0 Å². The van der Waals surface area contributed by atoms with Crippen LogP contribution < -0.4 is 11.3 Å². The van der Waals surface area contributed by atoms with Gasteiger partial charge in [0.1, 0.15) is 6.33 Å². The molecule has 1 aromatic carbocycles. The molecular weight excluding hydrogens is 392 g/mol. The van der Waals surface area contributed by atoms with Crippen LogP contribution in [-0.2, 0) is 13.5 Å². The van der Waals surface area contributed by atoms with Crippen LogP contribution in [-0.4, -0.2) is 34.1 Å². The zero-order valence-electron chi connectivity index (χ0n) is 16.7. The lowest BCUT2D eigenvalue weighted by Crippen LogP contribution is -2.14. The Hall–Kier alpha value is -4.40. The molecule has 4 heterocycles. The number of fused-ring (bicyclic) bond motifs is 1. The molecule has 4 aromatic heterocycles. The van der Waals surface area contributed by atoms with E-state index in [-0.39, 0.29) is 11.5 Å². The second-order valence-corrected chi connectivity index (χ2v) is 7.07. The molecule has 5 rings (SSSR count). The first kappa shape index (κ1) is 18.6. The van der Waals surface area contributed by atoms with Gasteiger partial charge in [0.05, 0.1) is 23.4 Å². The third-order valence-electron chi connectivity index (χ3n) is 4.96. The van der Waals surface area contributed by atoms with E-state index in [9.17, 15) is 4.79 Å². The summed E-state index contributed by atoms with van der Waals surface area (Å²) in [6.07, 6.45) is 5.36. The van der Waals surface area contributed by atoms with Crippen LogP contribution in [0.15, 0.2) is 72.0 Å². The highest BCUT2D eigenvalue weighted by Gasteiger charge is 2.20. The number of nitrogen functional groups attached to an aromatic ring is 1. The van der Waals surface area contributed by atoms with E-state index in [1.807, 2.05) is 36.4 Å². The quantitative estimate of drug-likeness (QED) is 0.482. The van der Waals surface area contributed by atoms with E-state index in [1.165, 1.54) is 21.5 Å². The largest absolute Gasteiger partial charge is 0.368 e. The van der Waals surface area contributed by atoms with Crippen molar-refractivity contribution < 1.29 is 0 Å². The first-order valence-electron chi connectivity index (χ1n) is 9.62. The fourth-order valence-corrected chi connectivity index (χ4v) is 3.47. The molecule has 5 aromatic rings. The predicted molar refractivity (Wildman–Crippen MR) is 116 cm³/mol. The van der Waals surface area contributed by atoms with E-state index in [2.05, 4.69) is 20.1 Å². The first-order chi connectivity index (χ1) is 15.1.